The third-order valence-electron chi connectivity index (χ3n) is 3.09. The second-order valence-corrected chi connectivity index (χ2v) is 6.29. The summed E-state index contributed by atoms with van der Waals surface area (Å²) < 4.78 is 46.8. The highest BCUT2D eigenvalue weighted by molar-refractivity contribution is 9.12. The summed E-state index contributed by atoms with van der Waals surface area (Å²) in [6, 6.07) is 4.64. The van der Waals surface area contributed by atoms with Crippen LogP contribution in [0.1, 0.15) is 23.3 Å². The van der Waals surface area contributed by atoms with Gasteiger partial charge in [-0.1, -0.05) is 44.0 Å². The van der Waals surface area contributed by atoms with E-state index in [9.17, 15) is 13.2 Å². The molecule has 2 heterocycles. The third kappa shape index (κ3) is 1.87. The molecule has 2 aliphatic rings. The molecule has 0 radical (unpaired) electrons. The van der Waals surface area contributed by atoms with Crippen molar-refractivity contribution < 1.29 is 22.6 Å². The molecule has 18 heavy (non-hydrogen) atoms. The number of fused-ring (bicyclic) bond motifs is 5. The van der Waals surface area contributed by atoms with Gasteiger partial charge in [-0.25, -0.2) is 0 Å². The van der Waals surface area contributed by atoms with Crippen LogP contribution in [-0.2, 0) is 4.74 Å². The summed E-state index contributed by atoms with van der Waals surface area (Å²) in [7, 11) is 0. The molecule has 1 aromatic rings. The van der Waals surface area contributed by atoms with Gasteiger partial charge in [0.15, 0.2) is 0 Å². The summed E-state index contributed by atoms with van der Waals surface area (Å²) in [5.41, 5.74) is 1.26. The highest BCUT2D eigenvalue weighted by Crippen LogP contribution is 2.58. The van der Waals surface area contributed by atoms with Crippen molar-refractivity contribution in [3.8, 4) is 5.75 Å². The number of benzene rings is 1. The number of halogens is 5. The molecule has 7 heteroatoms. The minimum atomic E-state index is -4.69. The molecule has 0 saturated carbocycles. The smallest absolute Gasteiger partial charge is 0.405 e. The number of hydrogen-bond acceptors (Lipinski definition) is 2. The highest BCUT2D eigenvalue weighted by atomic mass is 79.9. The van der Waals surface area contributed by atoms with Gasteiger partial charge in [0.2, 0.25) is 0 Å². The fourth-order valence-electron chi connectivity index (χ4n) is 2.44. The first-order valence-corrected chi connectivity index (χ1v) is 7.04. The molecule has 1 aromatic carbocycles. The van der Waals surface area contributed by atoms with E-state index < -0.39 is 12.5 Å². The van der Waals surface area contributed by atoms with Crippen LogP contribution in [0.15, 0.2) is 18.2 Å². The van der Waals surface area contributed by atoms with Gasteiger partial charge in [0, 0.05) is 5.56 Å². The van der Waals surface area contributed by atoms with Crippen molar-refractivity contribution >= 4 is 31.9 Å². The summed E-state index contributed by atoms with van der Waals surface area (Å²) in [6.07, 6.45) is -5.33. The predicted octanol–water partition coefficient (Wildman–Crippen LogP) is 4.24. The normalized spacial score (nSPS) is 33.6. The van der Waals surface area contributed by atoms with Gasteiger partial charge in [-0.3, -0.25) is 0 Å². The van der Waals surface area contributed by atoms with E-state index in [-0.39, 0.29) is 21.5 Å². The lowest BCUT2D eigenvalue weighted by Gasteiger charge is -2.23. The molecule has 98 valence electrons. The number of alkyl halides is 5. The van der Waals surface area contributed by atoms with Gasteiger partial charge in [0.25, 0.3) is 0 Å². The van der Waals surface area contributed by atoms with Crippen LogP contribution >= 0.6 is 31.9 Å². The van der Waals surface area contributed by atoms with E-state index in [1.54, 1.807) is 12.1 Å². The summed E-state index contributed by atoms with van der Waals surface area (Å²) in [5, 5.41) is 0. The maximum Gasteiger partial charge on any atom is 0.573 e. The van der Waals surface area contributed by atoms with Gasteiger partial charge in [-0.05, 0) is 11.6 Å². The van der Waals surface area contributed by atoms with Crippen molar-refractivity contribution in [2.75, 3.05) is 0 Å². The molecule has 0 unspecified atom stereocenters. The van der Waals surface area contributed by atoms with Crippen LogP contribution in [0, 0.1) is 0 Å². The molecule has 2 nitrogen and oxygen atoms in total. The molecule has 2 aliphatic heterocycles. The molecule has 0 aromatic heterocycles. The van der Waals surface area contributed by atoms with E-state index in [1.165, 1.54) is 6.07 Å². The van der Waals surface area contributed by atoms with Gasteiger partial charge < -0.3 is 9.47 Å². The largest absolute Gasteiger partial charge is 0.573 e. The average molecular weight is 388 g/mol. The average Bonchev–Trinajstić information content (AvgIpc) is 2.76. The van der Waals surface area contributed by atoms with Crippen LogP contribution in [0.2, 0.25) is 0 Å². The van der Waals surface area contributed by atoms with Crippen molar-refractivity contribution in [3.05, 3.63) is 29.3 Å². The van der Waals surface area contributed by atoms with E-state index in [2.05, 4.69) is 36.6 Å². The Morgan fingerprint density at radius 3 is 2.44 bits per heavy atom. The van der Waals surface area contributed by atoms with Crippen molar-refractivity contribution in [1.29, 1.82) is 0 Å². The molecular formula is C11H7Br2F3O2. The fourth-order valence-corrected chi connectivity index (χ4v) is 3.79. The Balaban J connectivity index is 2.05. The minimum absolute atomic E-state index is 0.0520. The first-order valence-electron chi connectivity index (χ1n) is 5.20. The second-order valence-electron chi connectivity index (χ2n) is 4.17. The van der Waals surface area contributed by atoms with Crippen LogP contribution in [0.4, 0.5) is 13.2 Å². The van der Waals surface area contributed by atoms with E-state index >= 15 is 0 Å². The third-order valence-corrected chi connectivity index (χ3v) is 5.90. The maximum atomic E-state index is 12.3. The van der Waals surface area contributed by atoms with Crippen LogP contribution in [0.3, 0.4) is 0 Å². The molecule has 1 saturated heterocycles. The van der Waals surface area contributed by atoms with E-state index in [0.29, 0.717) is 5.56 Å². The minimum Gasteiger partial charge on any atom is -0.405 e. The number of ether oxygens (including phenoxy) is 2. The summed E-state index contributed by atoms with van der Waals surface area (Å²) in [6.45, 7) is 0. The Labute approximate surface area is 118 Å². The molecule has 0 aliphatic carbocycles. The zero-order chi connectivity index (χ0) is 13.1. The maximum absolute atomic E-state index is 12.3. The van der Waals surface area contributed by atoms with Crippen LogP contribution in [-0.4, -0.2) is 16.0 Å². The lowest BCUT2D eigenvalue weighted by Crippen LogP contribution is -2.24. The van der Waals surface area contributed by atoms with Crippen molar-refractivity contribution in [2.45, 2.75) is 28.2 Å². The van der Waals surface area contributed by atoms with Gasteiger partial charge >= 0.3 is 6.36 Å². The first kappa shape index (κ1) is 12.7. The summed E-state index contributed by atoms with van der Waals surface area (Å²) in [4.78, 5) is -0.0101. The Morgan fingerprint density at radius 1 is 1.11 bits per heavy atom. The topological polar surface area (TPSA) is 18.5 Å². The van der Waals surface area contributed by atoms with Crippen molar-refractivity contribution in [3.63, 3.8) is 0 Å². The lowest BCUT2D eigenvalue weighted by atomic mass is 9.91. The Morgan fingerprint density at radius 2 is 1.78 bits per heavy atom. The van der Waals surface area contributed by atoms with E-state index in [1.807, 2.05) is 0 Å². The zero-order valence-electron chi connectivity index (χ0n) is 8.75. The molecular weight excluding hydrogens is 381 g/mol. The Kier molecular flexibility index (Phi) is 2.91. The van der Waals surface area contributed by atoms with Crippen molar-refractivity contribution in [1.82, 2.24) is 0 Å². The van der Waals surface area contributed by atoms with Gasteiger partial charge in [0.1, 0.15) is 11.9 Å². The molecule has 4 atom stereocenters. The number of hydrogen-bond donors (Lipinski definition) is 0. The monoisotopic (exact) mass is 386 g/mol. The standard InChI is InChI=1S/C11H7Br2F3O2/c12-7-8(13)10-6-4(9(7)17-10)2-1-3-5(6)18-11(14,15)16/h1-3,7-10H/t7-,8-,9-,10+/m1/s1. The predicted molar refractivity (Wildman–Crippen MR) is 65.1 cm³/mol. The lowest BCUT2D eigenvalue weighted by molar-refractivity contribution is -0.275. The van der Waals surface area contributed by atoms with Crippen LogP contribution in [0.5, 0.6) is 5.75 Å². The summed E-state index contributed by atoms with van der Waals surface area (Å²) >= 11 is 6.92. The molecule has 0 amide bonds. The molecule has 0 N–H and O–H groups in total. The first-order chi connectivity index (χ1) is 8.38. The van der Waals surface area contributed by atoms with Crippen LogP contribution in [0.25, 0.3) is 0 Å². The van der Waals surface area contributed by atoms with E-state index in [0.717, 1.165) is 5.56 Å². The molecule has 1 fully saturated rings. The van der Waals surface area contributed by atoms with Gasteiger partial charge in [0.05, 0.1) is 15.8 Å². The van der Waals surface area contributed by atoms with Gasteiger partial charge in [-0.15, -0.1) is 13.2 Å². The van der Waals surface area contributed by atoms with Crippen molar-refractivity contribution in [2.24, 2.45) is 0 Å². The zero-order valence-corrected chi connectivity index (χ0v) is 11.9. The highest BCUT2D eigenvalue weighted by Gasteiger charge is 2.52. The molecule has 3 rings (SSSR count). The van der Waals surface area contributed by atoms with E-state index in [4.69, 9.17) is 4.74 Å². The second kappa shape index (κ2) is 4.11. The molecule has 2 bridgehead atoms. The summed E-state index contributed by atoms with van der Waals surface area (Å²) in [5.74, 6) is -0.170. The number of rotatable bonds is 1. The van der Waals surface area contributed by atoms with Gasteiger partial charge in [-0.2, -0.15) is 0 Å². The SMILES string of the molecule is FC(F)(F)Oc1cccc2c1[C@@H]1O[C@H]2[C@H](Br)[C@H]1Br. The fraction of sp³-hybridized carbons (Fsp3) is 0.455. The molecule has 0 spiro atoms. The Hall–Kier alpha value is -0.270. The quantitative estimate of drug-likeness (QED) is 0.671. The Bertz CT molecular complexity index is 492. The van der Waals surface area contributed by atoms with Crippen LogP contribution < -0.4 is 4.74 Å².